The number of quaternary nitrogens is 1. The van der Waals surface area contributed by atoms with Gasteiger partial charge in [0.1, 0.15) is 6.50 Å². The zero-order chi connectivity index (χ0) is 26.5. The van der Waals surface area contributed by atoms with Crippen molar-refractivity contribution >= 4 is 0 Å². The average molecular weight is 431 g/mol. The summed E-state index contributed by atoms with van der Waals surface area (Å²) in [4.78, 5) is 0. The molecule has 170 valence electrons. The molecule has 0 aromatic heterocycles. The third kappa shape index (κ3) is 18.0. The zero-order valence-electron chi connectivity index (χ0n) is 26.3. The van der Waals surface area contributed by atoms with Crippen LogP contribution in [0, 0.1) is 0 Å². The molecule has 1 nitrogen and oxygen atoms in total. The van der Waals surface area contributed by atoms with Crippen LogP contribution >= 0.6 is 0 Å². The van der Waals surface area contributed by atoms with Crippen molar-refractivity contribution in [2.24, 2.45) is 0 Å². The second kappa shape index (κ2) is 19.4. The van der Waals surface area contributed by atoms with Gasteiger partial charge in [0.05, 0.1) is 30.2 Å². The summed E-state index contributed by atoms with van der Waals surface area (Å²) in [5, 5.41) is 0. The molecular weight excluding hydrogens is 374 g/mol. The summed E-state index contributed by atoms with van der Waals surface area (Å²) in [7, 11) is 3.48. The van der Waals surface area contributed by atoms with Gasteiger partial charge < -0.3 is 16.9 Å². The normalized spacial score (nSPS) is 15.3. The molecule has 1 rings (SSSR count). The van der Waals surface area contributed by atoms with Crippen LogP contribution in [-0.2, 0) is 6.50 Å². The average Bonchev–Trinajstić information content (AvgIpc) is 2.81. The van der Waals surface area contributed by atoms with Crippen molar-refractivity contribution in [3.8, 4) is 0 Å². The van der Waals surface area contributed by atoms with E-state index in [9.17, 15) is 0 Å². The van der Waals surface area contributed by atoms with E-state index in [2.05, 4.69) is 6.92 Å². The van der Waals surface area contributed by atoms with Crippen molar-refractivity contribution in [2.45, 2.75) is 116 Å². The SMILES string of the molecule is [2H]c1c([2H])c([2H])c(C([2H])([2H])[N+](C)(C)CCCCCCCCCCCCCCCCCC)c([2H])c1[2H].[Cl-]. The van der Waals surface area contributed by atoms with E-state index in [1.54, 1.807) is 14.1 Å². The van der Waals surface area contributed by atoms with E-state index < -0.39 is 36.7 Å². The molecule has 0 saturated carbocycles. The van der Waals surface area contributed by atoms with E-state index in [1.807, 2.05) is 0 Å². The molecule has 0 fully saturated rings. The minimum Gasteiger partial charge on any atom is -1.00 e. The topological polar surface area (TPSA) is 0 Å². The van der Waals surface area contributed by atoms with Crippen molar-refractivity contribution in [2.75, 3.05) is 20.6 Å². The summed E-state index contributed by atoms with van der Waals surface area (Å²) in [5.41, 5.74) is -0.245. The van der Waals surface area contributed by atoms with Crippen molar-refractivity contribution in [3.63, 3.8) is 0 Å². The largest absolute Gasteiger partial charge is 1.00 e. The number of unbranched alkanes of at least 4 members (excludes halogenated alkanes) is 15. The minimum absolute atomic E-state index is 0. The number of benzene rings is 1. The molecule has 0 bridgehead atoms. The highest BCUT2D eigenvalue weighted by atomic mass is 35.5. The smallest absolute Gasteiger partial charge is 0.104 e. The molecule has 29 heavy (non-hydrogen) atoms. The Balaban J connectivity index is 0.0000122. The molecule has 0 aliphatic rings. The Kier molecular flexibility index (Phi) is 12.1. The van der Waals surface area contributed by atoms with Crippen LogP contribution in [0.5, 0.6) is 0 Å². The van der Waals surface area contributed by atoms with Gasteiger partial charge in [-0.1, -0.05) is 127 Å². The van der Waals surface area contributed by atoms with Crippen molar-refractivity contribution < 1.29 is 26.5 Å². The molecule has 0 amide bonds. The summed E-state index contributed by atoms with van der Waals surface area (Å²) >= 11 is 0. The monoisotopic (exact) mass is 430 g/mol. The van der Waals surface area contributed by atoms with E-state index >= 15 is 0 Å². The molecule has 0 aliphatic carbocycles. The molecule has 0 heterocycles. The van der Waals surface area contributed by atoms with Crippen LogP contribution < -0.4 is 12.4 Å². The standard InChI is InChI=1S/C27H50N.ClH/c1-4-5-6-7-8-9-10-11-12-13-14-15-16-17-18-22-25-28(2,3)26-27-23-20-19-21-24-27;/h19-21,23-24H,4-18,22,25-26H2,1-3H3;1H/q+1;/p-1/i19D,20D,21D,23D,24D,26D2;. The summed E-state index contributed by atoms with van der Waals surface area (Å²) in [5.74, 6) is 0. The Labute approximate surface area is 199 Å². The molecular formula is C27H50ClN. The van der Waals surface area contributed by atoms with E-state index in [0.717, 1.165) is 19.3 Å². The maximum atomic E-state index is 8.68. The molecule has 0 saturated heterocycles. The second-order valence-electron chi connectivity index (χ2n) is 8.82. The number of rotatable bonds is 19. The summed E-state index contributed by atoms with van der Waals surface area (Å²) in [6, 6.07) is -2.33. The predicted octanol–water partition coefficient (Wildman–Crippen LogP) is 5.53. The van der Waals surface area contributed by atoms with Gasteiger partial charge in [0, 0.05) is 5.56 Å². The molecule has 0 atom stereocenters. The van der Waals surface area contributed by atoms with Gasteiger partial charge in [-0.25, -0.2) is 0 Å². The van der Waals surface area contributed by atoms with E-state index in [0.29, 0.717) is 6.54 Å². The fraction of sp³-hybridized carbons (Fsp3) is 0.778. The zero-order valence-corrected chi connectivity index (χ0v) is 20.1. The van der Waals surface area contributed by atoms with Gasteiger partial charge in [0.15, 0.2) is 0 Å². The maximum Gasteiger partial charge on any atom is 0.104 e. The van der Waals surface area contributed by atoms with Crippen LogP contribution in [0.2, 0.25) is 0 Å². The highest BCUT2D eigenvalue weighted by Crippen LogP contribution is 2.15. The number of nitrogens with zero attached hydrogens (tertiary/aromatic N) is 1. The fourth-order valence-corrected chi connectivity index (χ4v) is 3.72. The molecule has 0 spiro atoms. The Hall–Kier alpha value is -0.530. The Morgan fingerprint density at radius 3 is 1.45 bits per heavy atom. The van der Waals surface area contributed by atoms with E-state index in [4.69, 9.17) is 9.60 Å². The van der Waals surface area contributed by atoms with Crippen LogP contribution in [0.15, 0.2) is 30.2 Å². The maximum absolute atomic E-state index is 8.68. The van der Waals surface area contributed by atoms with Crippen LogP contribution in [0.25, 0.3) is 0 Å². The lowest BCUT2D eigenvalue weighted by Crippen LogP contribution is -3.00. The van der Waals surface area contributed by atoms with Gasteiger partial charge in [-0.2, -0.15) is 0 Å². The molecule has 0 radical (unpaired) electrons. The van der Waals surface area contributed by atoms with Crippen molar-refractivity contribution in [1.29, 1.82) is 0 Å². The van der Waals surface area contributed by atoms with Crippen molar-refractivity contribution in [3.05, 3.63) is 35.8 Å². The Morgan fingerprint density at radius 1 is 0.655 bits per heavy atom. The quantitative estimate of drug-likeness (QED) is 0.200. The molecule has 0 N–H and O–H groups in total. The van der Waals surface area contributed by atoms with Crippen LogP contribution in [0.1, 0.15) is 125 Å². The first-order chi connectivity index (χ1) is 16.5. The van der Waals surface area contributed by atoms with Gasteiger partial charge in [0.25, 0.3) is 0 Å². The summed E-state index contributed by atoms with van der Waals surface area (Å²) in [6.45, 7) is 0.731. The lowest BCUT2D eigenvalue weighted by Gasteiger charge is -2.30. The predicted molar refractivity (Wildman–Crippen MR) is 127 cm³/mol. The summed E-state index contributed by atoms with van der Waals surface area (Å²) in [6.07, 6.45) is 20.5. The molecule has 2 heteroatoms. The van der Waals surface area contributed by atoms with Crippen LogP contribution in [0.4, 0.5) is 0 Å². The highest BCUT2D eigenvalue weighted by Gasteiger charge is 2.14. The van der Waals surface area contributed by atoms with Gasteiger partial charge in [0.2, 0.25) is 0 Å². The Morgan fingerprint density at radius 2 is 1.03 bits per heavy atom. The van der Waals surface area contributed by atoms with Gasteiger partial charge in [-0.05, 0) is 12.8 Å². The minimum atomic E-state index is -2.08. The lowest BCUT2D eigenvalue weighted by atomic mass is 10.0. The first-order valence-electron chi connectivity index (χ1n) is 15.4. The third-order valence-electron chi connectivity index (χ3n) is 5.49. The van der Waals surface area contributed by atoms with E-state index in [1.165, 1.54) is 83.5 Å². The van der Waals surface area contributed by atoms with Gasteiger partial charge in [-0.3, -0.25) is 0 Å². The number of hydrogen-bond donors (Lipinski definition) is 0. The van der Waals surface area contributed by atoms with Crippen LogP contribution in [-0.4, -0.2) is 25.1 Å². The fourth-order valence-electron chi connectivity index (χ4n) is 3.72. The van der Waals surface area contributed by atoms with Crippen LogP contribution in [0.3, 0.4) is 0 Å². The summed E-state index contributed by atoms with van der Waals surface area (Å²) < 4.78 is 57.1. The first-order valence-corrected chi connectivity index (χ1v) is 11.9. The highest BCUT2D eigenvalue weighted by molar-refractivity contribution is 5.13. The molecule has 0 unspecified atom stereocenters. The third-order valence-corrected chi connectivity index (χ3v) is 5.49. The first kappa shape index (κ1) is 18.1. The molecule has 1 aromatic carbocycles. The van der Waals surface area contributed by atoms with E-state index in [-0.39, 0.29) is 22.5 Å². The molecule has 0 aliphatic heterocycles. The number of halogens is 1. The Bertz CT molecular complexity index is 727. The number of hydrogen-bond acceptors (Lipinski definition) is 0. The second-order valence-corrected chi connectivity index (χ2v) is 8.82. The lowest BCUT2D eigenvalue weighted by molar-refractivity contribution is -0.903. The molecule has 1 aromatic rings. The van der Waals surface area contributed by atoms with Gasteiger partial charge in [-0.15, -0.1) is 0 Å². The van der Waals surface area contributed by atoms with Crippen molar-refractivity contribution in [1.82, 2.24) is 0 Å². The van der Waals surface area contributed by atoms with Gasteiger partial charge >= 0.3 is 0 Å².